The fourth-order valence-electron chi connectivity index (χ4n) is 2.45. The minimum Gasteiger partial charge on any atom is -0.296 e. The van der Waals surface area contributed by atoms with Gasteiger partial charge in [0.05, 0.1) is 4.90 Å². The Bertz CT molecular complexity index is 1110. The van der Waals surface area contributed by atoms with E-state index >= 15 is 0 Å². The Hall–Kier alpha value is -2.78. The van der Waals surface area contributed by atoms with Crippen molar-refractivity contribution in [3.8, 4) is 0 Å². The molecule has 3 aromatic rings. The van der Waals surface area contributed by atoms with Crippen LogP contribution < -0.4 is 10.0 Å². The highest BCUT2D eigenvalue weighted by molar-refractivity contribution is 7.92. The number of amides is 1. The molecule has 0 aliphatic heterocycles. The summed E-state index contributed by atoms with van der Waals surface area (Å²) in [5.41, 5.74) is 2.11. The van der Waals surface area contributed by atoms with E-state index in [4.69, 9.17) is 0 Å². The second-order valence-corrected chi connectivity index (χ2v) is 8.87. The van der Waals surface area contributed by atoms with Gasteiger partial charge in [-0.25, -0.2) is 8.42 Å². The Morgan fingerprint density at radius 1 is 1.04 bits per heavy atom. The number of aryl methyl sites for hydroxylation is 3. The molecule has 0 aliphatic carbocycles. The molecule has 0 saturated heterocycles. The summed E-state index contributed by atoms with van der Waals surface area (Å²) in [6, 6.07) is 11.5. The van der Waals surface area contributed by atoms with Gasteiger partial charge in [0, 0.05) is 11.3 Å². The summed E-state index contributed by atoms with van der Waals surface area (Å²) >= 11 is 1.26. The van der Waals surface area contributed by atoms with Crippen LogP contribution in [-0.4, -0.2) is 24.5 Å². The van der Waals surface area contributed by atoms with Crippen molar-refractivity contribution in [2.24, 2.45) is 0 Å². The molecule has 3 rings (SSSR count). The lowest BCUT2D eigenvalue weighted by Gasteiger charge is -2.12. The first-order chi connectivity index (χ1) is 12.7. The van der Waals surface area contributed by atoms with E-state index in [0.29, 0.717) is 21.9 Å². The van der Waals surface area contributed by atoms with Crippen LogP contribution in [-0.2, 0) is 10.0 Å². The Labute approximate surface area is 161 Å². The second-order valence-electron chi connectivity index (χ2n) is 6.04. The van der Waals surface area contributed by atoms with Gasteiger partial charge in [-0.3, -0.25) is 14.8 Å². The quantitative estimate of drug-likeness (QED) is 0.680. The van der Waals surface area contributed by atoms with E-state index in [2.05, 4.69) is 20.2 Å². The van der Waals surface area contributed by atoms with E-state index in [1.54, 1.807) is 44.2 Å². The first-order valence-corrected chi connectivity index (χ1v) is 10.4. The molecule has 0 radical (unpaired) electrons. The molecular formula is C18H18N4O3S2. The second kappa shape index (κ2) is 7.45. The number of hydrogen-bond acceptors (Lipinski definition) is 6. The van der Waals surface area contributed by atoms with Crippen molar-refractivity contribution >= 4 is 38.1 Å². The molecule has 1 heterocycles. The van der Waals surface area contributed by atoms with Gasteiger partial charge in [0.1, 0.15) is 5.01 Å². The van der Waals surface area contributed by atoms with Crippen LogP contribution in [0.4, 0.5) is 10.8 Å². The van der Waals surface area contributed by atoms with Crippen LogP contribution >= 0.6 is 11.3 Å². The number of sulfonamides is 1. The van der Waals surface area contributed by atoms with Crippen LogP contribution in [0.25, 0.3) is 0 Å². The Balaban J connectivity index is 1.83. The maximum Gasteiger partial charge on any atom is 0.262 e. The number of carbonyl (C=O) groups is 1. The van der Waals surface area contributed by atoms with Crippen molar-refractivity contribution in [1.82, 2.24) is 10.2 Å². The normalized spacial score (nSPS) is 11.2. The molecule has 1 amide bonds. The van der Waals surface area contributed by atoms with Crippen LogP contribution in [0.1, 0.15) is 26.5 Å². The number of carbonyl (C=O) groups excluding carboxylic acids is 1. The number of hydrogen-bond donors (Lipinski definition) is 2. The number of nitrogens with zero attached hydrogens (tertiary/aromatic N) is 2. The zero-order chi connectivity index (χ0) is 19.6. The van der Waals surface area contributed by atoms with Crippen LogP contribution in [0.15, 0.2) is 47.4 Å². The highest BCUT2D eigenvalue weighted by Gasteiger charge is 2.18. The topological polar surface area (TPSA) is 101 Å². The molecule has 0 fully saturated rings. The first kappa shape index (κ1) is 19.0. The van der Waals surface area contributed by atoms with Crippen molar-refractivity contribution in [2.75, 3.05) is 10.0 Å². The molecule has 0 saturated carbocycles. The molecule has 0 unspecified atom stereocenters. The van der Waals surface area contributed by atoms with E-state index in [0.717, 1.165) is 10.6 Å². The van der Waals surface area contributed by atoms with Gasteiger partial charge in [0.15, 0.2) is 0 Å². The van der Waals surface area contributed by atoms with Crippen molar-refractivity contribution in [1.29, 1.82) is 0 Å². The molecule has 1 aromatic heterocycles. The fraction of sp³-hybridized carbons (Fsp3) is 0.167. The van der Waals surface area contributed by atoms with Gasteiger partial charge in [-0.1, -0.05) is 29.5 Å². The maximum atomic E-state index is 12.7. The summed E-state index contributed by atoms with van der Waals surface area (Å²) in [6.45, 7) is 5.36. The monoisotopic (exact) mass is 402 g/mol. The third-order valence-corrected chi connectivity index (χ3v) is 6.03. The summed E-state index contributed by atoms with van der Waals surface area (Å²) in [5.74, 6) is -0.390. The number of benzene rings is 2. The van der Waals surface area contributed by atoms with E-state index in [9.17, 15) is 13.2 Å². The molecule has 2 N–H and O–H groups in total. The van der Waals surface area contributed by atoms with Gasteiger partial charge in [0.2, 0.25) is 5.13 Å². The molecule has 0 atom stereocenters. The maximum absolute atomic E-state index is 12.7. The summed E-state index contributed by atoms with van der Waals surface area (Å²) in [6.07, 6.45) is 0. The predicted molar refractivity (Wildman–Crippen MR) is 106 cm³/mol. The lowest BCUT2D eigenvalue weighted by atomic mass is 10.2. The zero-order valence-corrected chi connectivity index (χ0v) is 16.6. The van der Waals surface area contributed by atoms with Gasteiger partial charge in [-0.05, 0) is 56.2 Å². The molecule has 0 bridgehead atoms. The Morgan fingerprint density at radius 2 is 1.81 bits per heavy atom. The number of aromatic nitrogens is 2. The van der Waals surface area contributed by atoms with Crippen LogP contribution in [0.3, 0.4) is 0 Å². The number of rotatable bonds is 5. The largest absolute Gasteiger partial charge is 0.296 e. The summed E-state index contributed by atoms with van der Waals surface area (Å²) < 4.78 is 28.0. The molecule has 0 spiro atoms. The zero-order valence-electron chi connectivity index (χ0n) is 15.0. The van der Waals surface area contributed by atoms with Gasteiger partial charge >= 0.3 is 0 Å². The summed E-state index contributed by atoms with van der Waals surface area (Å²) in [5, 5.41) is 11.5. The van der Waals surface area contributed by atoms with Crippen LogP contribution in [0.5, 0.6) is 0 Å². The highest BCUT2D eigenvalue weighted by atomic mass is 32.2. The van der Waals surface area contributed by atoms with Crippen molar-refractivity contribution in [3.63, 3.8) is 0 Å². The van der Waals surface area contributed by atoms with Gasteiger partial charge in [-0.2, -0.15) is 0 Å². The average molecular weight is 403 g/mol. The predicted octanol–water partition coefficient (Wildman–Crippen LogP) is 3.52. The Morgan fingerprint density at radius 3 is 2.52 bits per heavy atom. The molecule has 9 heteroatoms. The smallest absolute Gasteiger partial charge is 0.262 e. The van der Waals surface area contributed by atoms with Crippen LogP contribution in [0.2, 0.25) is 0 Å². The third-order valence-electron chi connectivity index (χ3n) is 3.76. The number of anilines is 2. The molecule has 0 aliphatic rings. The average Bonchev–Trinajstić information content (AvgIpc) is 3.01. The van der Waals surface area contributed by atoms with Gasteiger partial charge < -0.3 is 0 Å². The lowest BCUT2D eigenvalue weighted by Crippen LogP contribution is -2.16. The summed E-state index contributed by atoms with van der Waals surface area (Å²) in [4.78, 5) is 12.6. The molecule has 7 nitrogen and oxygen atoms in total. The third kappa shape index (κ3) is 4.50. The number of nitrogens with one attached hydrogen (secondary N) is 2. The van der Waals surface area contributed by atoms with Gasteiger partial charge in [-0.15, -0.1) is 10.2 Å². The molecule has 140 valence electrons. The van der Waals surface area contributed by atoms with E-state index in [1.165, 1.54) is 17.4 Å². The minimum atomic E-state index is -3.77. The standard InChI is InChI=1S/C18H18N4O3S2/c1-11-7-8-12(2)16(9-11)27(24,25)22-15-6-4-5-14(10-15)17(23)19-18-21-20-13(3)26-18/h4-10,22H,1-3H3,(H,19,21,23). The molecule has 27 heavy (non-hydrogen) atoms. The molecule has 2 aromatic carbocycles. The van der Waals surface area contributed by atoms with Gasteiger partial charge in [0.25, 0.3) is 15.9 Å². The fourth-order valence-corrected chi connectivity index (χ4v) is 4.41. The first-order valence-electron chi connectivity index (χ1n) is 8.06. The van der Waals surface area contributed by atoms with Crippen LogP contribution in [0, 0.1) is 20.8 Å². The highest BCUT2D eigenvalue weighted by Crippen LogP contribution is 2.22. The van der Waals surface area contributed by atoms with E-state index in [-0.39, 0.29) is 10.8 Å². The Kier molecular flexibility index (Phi) is 5.24. The van der Waals surface area contributed by atoms with Crippen molar-refractivity contribution < 1.29 is 13.2 Å². The van der Waals surface area contributed by atoms with E-state index in [1.807, 2.05) is 13.0 Å². The minimum absolute atomic E-state index is 0.210. The lowest BCUT2D eigenvalue weighted by molar-refractivity contribution is 0.102. The molecular weight excluding hydrogens is 384 g/mol. The van der Waals surface area contributed by atoms with E-state index < -0.39 is 10.0 Å². The van der Waals surface area contributed by atoms with Crippen molar-refractivity contribution in [2.45, 2.75) is 25.7 Å². The summed E-state index contributed by atoms with van der Waals surface area (Å²) in [7, 11) is -3.77. The SMILES string of the molecule is Cc1ccc(C)c(S(=O)(=O)Nc2cccc(C(=O)Nc3nnc(C)s3)c2)c1. The van der Waals surface area contributed by atoms with Crippen molar-refractivity contribution in [3.05, 3.63) is 64.2 Å².